The molecule has 1 N–H and O–H groups in total. The minimum absolute atomic E-state index is 0.000939. The van der Waals surface area contributed by atoms with Crippen LogP contribution in [-0.2, 0) is 17.5 Å². The SMILES string of the molecule is CC(C)OC(=O)N1[C@H](C)C[C@H](N(Cc2cc(Cl)cc(C(F)(F)F)c2)c2ncc(-c3cn[nH]c3)cn2)C[C@@H]1C. The number of hydrogen-bond donors (Lipinski definition) is 1. The number of carbonyl (C=O) groups excluding carboxylic acids is 1. The molecule has 3 heterocycles. The van der Waals surface area contributed by atoms with Crippen LogP contribution in [0, 0.1) is 0 Å². The van der Waals surface area contributed by atoms with E-state index in [4.69, 9.17) is 16.3 Å². The smallest absolute Gasteiger partial charge is 0.416 e. The van der Waals surface area contributed by atoms with Gasteiger partial charge in [0.1, 0.15) is 0 Å². The highest BCUT2D eigenvalue weighted by molar-refractivity contribution is 6.30. The Morgan fingerprint density at radius 1 is 1.13 bits per heavy atom. The molecule has 12 heteroatoms. The van der Waals surface area contributed by atoms with Crippen LogP contribution in [0.1, 0.15) is 51.7 Å². The number of nitrogens with one attached hydrogen (secondary N) is 1. The minimum Gasteiger partial charge on any atom is -0.447 e. The molecule has 204 valence electrons. The molecule has 4 rings (SSSR count). The average Bonchev–Trinajstić information content (AvgIpc) is 3.36. The van der Waals surface area contributed by atoms with Crippen LogP contribution in [0.2, 0.25) is 5.02 Å². The molecule has 3 aromatic rings. The van der Waals surface area contributed by atoms with Gasteiger partial charge < -0.3 is 14.5 Å². The molecule has 0 radical (unpaired) electrons. The van der Waals surface area contributed by atoms with Gasteiger partial charge in [0.05, 0.1) is 17.9 Å². The van der Waals surface area contributed by atoms with E-state index in [0.717, 1.165) is 23.3 Å². The number of amides is 1. The van der Waals surface area contributed by atoms with E-state index in [9.17, 15) is 18.0 Å². The number of likely N-dealkylation sites (tertiary alicyclic amines) is 1. The standard InChI is InChI=1S/C26H30ClF3N6O2/c1-15(2)38-25(37)36-16(3)5-23(6-17(36)4)35(14-18-7-21(26(28,29)30)9-22(27)8-18)24-31-10-19(11-32-24)20-12-33-34-13-20/h7-13,15-17,23H,5-6,14H2,1-4H3,(H,33,34)/t16-,17+,23+. The second-order valence-corrected chi connectivity index (χ2v) is 10.3. The summed E-state index contributed by atoms with van der Waals surface area (Å²) in [5.74, 6) is 0.369. The maximum Gasteiger partial charge on any atom is 0.416 e. The Labute approximate surface area is 224 Å². The van der Waals surface area contributed by atoms with Crippen molar-refractivity contribution in [2.75, 3.05) is 4.90 Å². The van der Waals surface area contributed by atoms with E-state index in [-0.39, 0.29) is 41.9 Å². The average molecular weight is 551 g/mol. The molecule has 0 unspecified atom stereocenters. The lowest BCUT2D eigenvalue weighted by atomic mass is 9.91. The number of alkyl halides is 3. The fraction of sp³-hybridized carbons (Fsp3) is 0.462. The molecule has 2 aromatic heterocycles. The van der Waals surface area contributed by atoms with Crippen molar-refractivity contribution in [2.24, 2.45) is 0 Å². The summed E-state index contributed by atoms with van der Waals surface area (Å²) in [6.45, 7) is 7.58. The summed E-state index contributed by atoms with van der Waals surface area (Å²) in [7, 11) is 0. The van der Waals surface area contributed by atoms with Crippen LogP contribution in [0.3, 0.4) is 0 Å². The molecule has 0 saturated carbocycles. The molecule has 0 aliphatic carbocycles. The van der Waals surface area contributed by atoms with E-state index in [0.29, 0.717) is 24.4 Å². The zero-order valence-corrected chi connectivity index (χ0v) is 22.3. The normalized spacial score (nSPS) is 20.0. The Kier molecular flexibility index (Phi) is 8.15. The highest BCUT2D eigenvalue weighted by Gasteiger charge is 2.38. The van der Waals surface area contributed by atoms with Crippen LogP contribution >= 0.6 is 11.6 Å². The Morgan fingerprint density at radius 2 is 1.79 bits per heavy atom. The summed E-state index contributed by atoms with van der Waals surface area (Å²) in [5, 5.41) is 6.68. The Bertz CT molecular complexity index is 1220. The second kappa shape index (κ2) is 11.2. The number of carbonyl (C=O) groups is 1. The van der Waals surface area contributed by atoms with E-state index in [1.807, 2.05) is 18.7 Å². The summed E-state index contributed by atoms with van der Waals surface area (Å²) in [4.78, 5) is 25.4. The Balaban J connectivity index is 1.66. The number of H-pyrrole nitrogens is 1. The van der Waals surface area contributed by atoms with Crippen molar-refractivity contribution in [2.45, 2.75) is 77.5 Å². The number of aromatic nitrogens is 4. The molecule has 1 aliphatic heterocycles. The maximum absolute atomic E-state index is 13.5. The molecule has 38 heavy (non-hydrogen) atoms. The third-order valence-corrected chi connectivity index (χ3v) is 6.75. The van der Waals surface area contributed by atoms with Crippen molar-refractivity contribution in [1.82, 2.24) is 25.1 Å². The summed E-state index contributed by atoms with van der Waals surface area (Å²) >= 11 is 6.07. The monoisotopic (exact) mass is 550 g/mol. The number of nitrogens with zero attached hydrogens (tertiary/aromatic N) is 5. The summed E-state index contributed by atoms with van der Waals surface area (Å²) in [6, 6.07) is 3.03. The van der Waals surface area contributed by atoms with Crippen molar-refractivity contribution in [1.29, 1.82) is 0 Å². The van der Waals surface area contributed by atoms with Crippen LogP contribution < -0.4 is 4.90 Å². The van der Waals surface area contributed by atoms with E-state index < -0.39 is 11.7 Å². The third-order valence-electron chi connectivity index (χ3n) is 6.53. The van der Waals surface area contributed by atoms with E-state index in [1.54, 1.807) is 43.5 Å². The quantitative estimate of drug-likeness (QED) is 0.386. The fourth-order valence-electron chi connectivity index (χ4n) is 4.91. The Morgan fingerprint density at radius 3 is 2.34 bits per heavy atom. The molecule has 0 bridgehead atoms. The summed E-state index contributed by atoms with van der Waals surface area (Å²) < 4.78 is 45.9. The van der Waals surface area contributed by atoms with Gasteiger partial charge >= 0.3 is 12.3 Å². The fourth-order valence-corrected chi connectivity index (χ4v) is 5.17. The molecule has 1 aromatic carbocycles. The number of piperidine rings is 1. The number of ether oxygens (including phenoxy) is 1. The summed E-state index contributed by atoms with van der Waals surface area (Å²) in [6.07, 6.45) is 2.63. The molecule has 1 saturated heterocycles. The molecule has 1 amide bonds. The number of aromatic amines is 1. The predicted molar refractivity (Wildman–Crippen MR) is 138 cm³/mol. The van der Waals surface area contributed by atoms with Gasteiger partial charge in [0.2, 0.25) is 5.95 Å². The first-order valence-electron chi connectivity index (χ1n) is 12.4. The first-order valence-corrected chi connectivity index (χ1v) is 12.7. The lowest BCUT2D eigenvalue weighted by Gasteiger charge is -2.45. The Hall–Kier alpha value is -3.34. The molecular formula is C26H30ClF3N6O2. The van der Waals surface area contributed by atoms with Gasteiger partial charge in [0, 0.05) is 59.4 Å². The van der Waals surface area contributed by atoms with Gasteiger partial charge in [-0.05, 0) is 64.3 Å². The van der Waals surface area contributed by atoms with Crippen LogP contribution in [0.4, 0.5) is 23.9 Å². The highest BCUT2D eigenvalue weighted by atomic mass is 35.5. The first-order chi connectivity index (χ1) is 17.9. The molecule has 1 aliphatic rings. The number of rotatable bonds is 6. The van der Waals surface area contributed by atoms with Crippen molar-refractivity contribution < 1.29 is 22.7 Å². The number of hydrogen-bond acceptors (Lipinski definition) is 6. The topological polar surface area (TPSA) is 87.2 Å². The van der Waals surface area contributed by atoms with Crippen molar-refractivity contribution in [3.63, 3.8) is 0 Å². The van der Waals surface area contributed by atoms with Gasteiger partial charge in [0.25, 0.3) is 0 Å². The maximum atomic E-state index is 13.5. The zero-order chi connectivity index (χ0) is 27.6. The lowest BCUT2D eigenvalue weighted by Crippen LogP contribution is -2.55. The van der Waals surface area contributed by atoms with Gasteiger partial charge in [-0.1, -0.05) is 11.6 Å². The van der Waals surface area contributed by atoms with Gasteiger partial charge in [0.15, 0.2) is 0 Å². The molecular weight excluding hydrogens is 521 g/mol. The number of halogens is 4. The van der Waals surface area contributed by atoms with Gasteiger partial charge in [-0.15, -0.1) is 0 Å². The first kappa shape index (κ1) is 27.7. The van der Waals surface area contributed by atoms with E-state index >= 15 is 0 Å². The van der Waals surface area contributed by atoms with E-state index in [1.165, 1.54) is 6.07 Å². The van der Waals surface area contributed by atoms with Crippen molar-refractivity contribution in [3.05, 3.63) is 59.1 Å². The van der Waals surface area contributed by atoms with Gasteiger partial charge in [-0.3, -0.25) is 5.10 Å². The molecule has 0 spiro atoms. The van der Waals surface area contributed by atoms with Crippen LogP contribution in [0.5, 0.6) is 0 Å². The van der Waals surface area contributed by atoms with Gasteiger partial charge in [-0.2, -0.15) is 18.3 Å². The zero-order valence-electron chi connectivity index (χ0n) is 21.5. The van der Waals surface area contributed by atoms with Crippen LogP contribution in [0.15, 0.2) is 43.0 Å². The van der Waals surface area contributed by atoms with Crippen LogP contribution in [-0.4, -0.2) is 55.4 Å². The van der Waals surface area contributed by atoms with E-state index in [2.05, 4.69) is 20.2 Å². The lowest BCUT2D eigenvalue weighted by molar-refractivity contribution is -0.137. The third kappa shape index (κ3) is 6.38. The predicted octanol–water partition coefficient (Wildman–Crippen LogP) is 6.33. The highest BCUT2D eigenvalue weighted by Crippen LogP contribution is 2.34. The minimum atomic E-state index is -4.53. The molecule has 1 fully saturated rings. The van der Waals surface area contributed by atoms with Gasteiger partial charge in [-0.25, -0.2) is 14.8 Å². The largest absolute Gasteiger partial charge is 0.447 e. The summed E-state index contributed by atoms with van der Waals surface area (Å²) in [5.41, 5.74) is 1.13. The number of anilines is 1. The molecule has 3 atom stereocenters. The van der Waals surface area contributed by atoms with Crippen LogP contribution in [0.25, 0.3) is 11.1 Å². The second-order valence-electron chi connectivity index (χ2n) is 9.90. The molecule has 8 nitrogen and oxygen atoms in total. The van der Waals surface area contributed by atoms with Crippen molar-refractivity contribution >= 4 is 23.6 Å². The van der Waals surface area contributed by atoms with Crippen molar-refractivity contribution in [3.8, 4) is 11.1 Å². The number of benzene rings is 1.